The Hall–Kier alpha value is -0.600. The van der Waals surface area contributed by atoms with Gasteiger partial charge in [0, 0.05) is 24.6 Å². The van der Waals surface area contributed by atoms with Crippen molar-refractivity contribution in [2.45, 2.75) is 31.8 Å². The topological polar surface area (TPSA) is 32.3 Å². The summed E-state index contributed by atoms with van der Waals surface area (Å²) >= 11 is 0. The van der Waals surface area contributed by atoms with E-state index >= 15 is 0 Å². The number of hydrogen-bond donors (Lipinski definition) is 2. The summed E-state index contributed by atoms with van der Waals surface area (Å²) < 4.78 is 0. The lowest BCUT2D eigenvalue weighted by atomic mass is 9.82. The van der Waals surface area contributed by atoms with Crippen LogP contribution in [0.1, 0.15) is 19.8 Å². The molecule has 0 aromatic heterocycles. The van der Waals surface area contributed by atoms with Crippen LogP contribution in [0.15, 0.2) is 24.3 Å². The third kappa shape index (κ3) is 1.77. The molecule has 0 aromatic rings. The molecule has 0 radical (unpaired) electrons. The van der Waals surface area contributed by atoms with Crippen LogP contribution >= 0.6 is 0 Å². The average molecular weight is 193 g/mol. The quantitative estimate of drug-likeness (QED) is 0.711. The fourth-order valence-corrected chi connectivity index (χ4v) is 2.73. The Morgan fingerprint density at radius 3 is 2.86 bits per heavy atom. The molecule has 1 aliphatic carbocycles. The van der Waals surface area contributed by atoms with E-state index in [-0.39, 0.29) is 0 Å². The Balaban J connectivity index is 2.01. The van der Waals surface area contributed by atoms with Crippen LogP contribution in [0, 0.1) is 11.8 Å². The van der Waals surface area contributed by atoms with Crippen molar-refractivity contribution in [3.05, 3.63) is 24.3 Å². The molecule has 2 aliphatic rings. The third-order valence-electron chi connectivity index (χ3n) is 3.47. The van der Waals surface area contributed by atoms with Crippen LogP contribution in [0.2, 0.25) is 0 Å². The molecule has 1 heterocycles. The number of rotatable bonds is 3. The van der Waals surface area contributed by atoms with Crippen molar-refractivity contribution >= 4 is 0 Å². The Kier molecular flexibility index (Phi) is 3.04. The summed E-state index contributed by atoms with van der Waals surface area (Å²) in [6.45, 7) is 2.57. The fourth-order valence-electron chi connectivity index (χ4n) is 2.73. The first-order valence-electron chi connectivity index (χ1n) is 5.55. The smallest absolute Gasteiger partial charge is 0.0431 e. The number of aliphatic hydroxyl groups is 1. The lowest BCUT2D eigenvalue weighted by Gasteiger charge is -2.21. The highest BCUT2D eigenvalue weighted by Gasteiger charge is 2.37. The second-order valence-corrected chi connectivity index (χ2v) is 4.36. The number of nitrogens with one attached hydrogen (secondary N) is 1. The molecule has 0 amide bonds. The molecule has 1 saturated heterocycles. The van der Waals surface area contributed by atoms with Gasteiger partial charge in [0.2, 0.25) is 0 Å². The van der Waals surface area contributed by atoms with Gasteiger partial charge in [0.05, 0.1) is 0 Å². The maximum Gasteiger partial charge on any atom is 0.0431 e. The van der Waals surface area contributed by atoms with E-state index in [4.69, 9.17) is 5.11 Å². The van der Waals surface area contributed by atoms with Crippen molar-refractivity contribution in [3.8, 4) is 0 Å². The molecule has 2 nitrogen and oxygen atoms in total. The Bertz CT molecular complexity index is 247. The van der Waals surface area contributed by atoms with Crippen molar-refractivity contribution in [1.82, 2.24) is 5.32 Å². The molecule has 0 bridgehead atoms. The van der Waals surface area contributed by atoms with Crippen LogP contribution in [-0.4, -0.2) is 23.8 Å². The minimum absolute atomic E-state index is 0.320. The monoisotopic (exact) mass is 193 g/mol. The van der Waals surface area contributed by atoms with Gasteiger partial charge in [-0.1, -0.05) is 24.3 Å². The Morgan fingerprint density at radius 2 is 2.07 bits per heavy atom. The van der Waals surface area contributed by atoms with E-state index in [9.17, 15) is 0 Å². The van der Waals surface area contributed by atoms with Gasteiger partial charge in [-0.3, -0.25) is 0 Å². The predicted octanol–water partition coefficient (Wildman–Crippen LogP) is 1.48. The van der Waals surface area contributed by atoms with Crippen LogP contribution in [0.25, 0.3) is 0 Å². The SMILES string of the molecule is CC1N[C@H]2C=CC=CC2C1CCCO. The zero-order valence-electron chi connectivity index (χ0n) is 8.69. The van der Waals surface area contributed by atoms with Crippen molar-refractivity contribution < 1.29 is 5.11 Å². The molecule has 2 N–H and O–H groups in total. The van der Waals surface area contributed by atoms with Gasteiger partial charge in [0.25, 0.3) is 0 Å². The summed E-state index contributed by atoms with van der Waals surface area (Å²) in [6, 6.07) is 1.10. The normalized spacial score (nSPS) is 40.1. The van der Waals surface area contributed by atoms with Crippen LogP contribution in [0.4, 0.5) is 0 Å². The fraction of sp³-hybridized carbons (Fsp3) is 0.667. The summed E-state index contributed by atoms with van der Waals surface area (Å²) in [5.41, 5.74) is 0. The van der Waals surface area contributed by atoms with E-state index in [1.165, 1.54) is 0 Å². The van der Waals surface area contributed by atoms with E-state index in [0.29, 0.717) is 30.5 Å². The first-order valence-corrected chi connectivity index (χ1v) is 5.55. The van der Waals surface area contributed by atoms with E-state index in [2.05, 4.69) is 36.5 Å². The molecule has 0 aromatic carbocycles. The minimum Gasteiger partial charge on any atom is -0.396 e. The maximum absolute atomic E-state index is 8.86. The van der Waals surface area contributed by atoms with Crippen LogP contribution in [-0.2, 0) is 0 Å². The average Bonchev–Trinajstić information content (AvgIpc) is 2.51. The zero-order chi connectivity index (χ0) is 9.97. The van der Waals surface area contributed by atoms with Crippen LogP contribution in [0.5, 0.6) is 0 Å². The van der Waals surface area contributed by atoms with Crippen molar-refractivity contribution in [2.24, 2.45) is 11.8 Å². The predicted molar refractivity (Wildman–Crippen MR) is 58.0 cm³/mol. The van der Waals surface area contributed by atoms with Gasteiger partial charge in [-0.05, 0) is 25.7 Å². The summed E-state index contributed by atoms with van der Waals surface area (Å²) in [5.74, 6) is 1.33. The first-order chi connectivity index (χ1) is 6.83. The Morgan fingerprint density at radius 1 is 1.29 bits per heavy atom. The highest BCUT2D eigenvalue weighted by atomic mass is 16.2. The van der Waals surface area contributed by atoms with Gasteiger partial charge >= 0.3 is 0 Å². The largest absolute Gasteiger partial charge is 0.396 e. The molecule has 2 heteroatoms. The van der Waals surface area contributed by atoms with E-state index < -0.39 is 0 Å². The summed E-state index contributed by atoms with van der Waals surface area (Å²) in [7, 11) is 0. The van der Waals surface area contributed by atoms with E-state index in [1.807, 2.05) is 0 Å². The van der Waals surface area contributed by atoms with E-state index in [1.54, 1.807) is 0 Å². The van der Waals surface area contributed by atoms with Gasteiger partial charge in [-0.15, -0.1) is 0 Å². The molecule has 1 fully saturated rings. The third-order valence-corrected chi connectivity index (χ3v) is 3.47. The second kappa shape index (κ2) is 4.28. The lowest BCUT2D eigenvalue weighted by molar-refractivity contribution is 0.260. The molecular weight excluding hydrogens is 174 g/mol. The van der Waals surface area contributed by atoms with Gasteiger partial charge < -0.3 is 10.4 Å². The number of allylic oxidation sites excluding steroid dienone is 2. The molecule has 1 aliphatic heterocycles. The lowest BCUT2D eigenvalue weighted by Crippen LogP contribution is -2.28. The van der Waals surface area contributed by atoms with E-state index in [0.717, 1.165) is 12.8 Å². The van der Waals surface area contributed by atoms with Crippen LogP contribution < -0.4 is 5.32 Å². The number of aliphatic hydroxyl groups excluding tert-OH is 1. The number of fused-ring (bicyclic) bond motifs is 1. The van der Waals surface area contributed by atoms with Gasteiger partial charge in [0.15, 0.2) is 0 Å². The van der Waals surface area contributed by atoms with Crippen molar-refractivity contribution in [1.29, 1.82) is 0 Å². The summed E-state index contributed by atoms with van der Waals surface area (Å²) in [4.78, 5) is 0. The molecule has 3 unspecified atom stereocenters. The van der Waals surface area contributed by atoms with Gasteiger partial charge in [-0.2, -0.15) is 0 Å². The molecule has 14 heavy (non-hydrogen) atoms. The Labute approximate surface area is 85.7 Å². The highest BCUT2D eigenvalue weighted by Crippen LogP contribution is 2.34. The number of hydrogen-bond acceptors (Lipinski definition) is 2. The molecular formula is C12H19NO. The molecule has 0 spiro atoms. The van der Waals surface area contributed by atoms with Crippen LogP contribution in [0.3, 0.4) is 0 Å². The molecule has 2 rings (SSSR count). The molecule has 4 atom stereocenters. The molecule has 0 saturated carbocycles. The molecule has 78 valence electrons. The first kappa shape index (κ1) is 9.94. The summed E-state index contributed by atoms with van der Waals surface area (Å²) in [6.07, 6.45) is 10.9. The highest BCUT2D eigenvalue weighted by molar-refractivity contribution is 5.21. The second-order valence-electron chi connectivity index (χ2n) is 4.36. The van der Waals surface area contributed by atoms with Gasteiger partial charge in [0.1, 0.15) is 0 Å². The zero-order valence-corrected chi connectivity index (χ0v) is 8.69. The standard InChI is InChI=1S/C12H19NO/c1-9-10(6-4-8-14)11-5-2-3-7-12(11)13-9/h2-3,5,7,9-14H,4,6,8H2,1H3/t9?,10?,11?,12-/m0/s1. The summed E-state index contributed by atoms with van der Waals surface area (Å²) in [5, 5.41) is 12.5. The minimum atomic E-state index is 0.320. The van der Waals surface area contributed by atoms with Crippen molar-refractivity contribution in [3.63, 3.8) is 0 Å². The van der Waals surface area contributed by atoms with Gasteiger partial charge in [-0.25, -0.2) is 0 Å². The van der Waals surface area contributed by atoms with Crippen molar-refractivity contribution in [2.75, 3.05) is 6.61 Å². The maximum atomic E-state index is 8.86.